The van der Waals surface area contributed by atoms with Crippen LogP contribution in [0.25, 0.3) is 0 Å². The van der Waals surface area contributed by atoms with Gasteiger partial charge in [-0.25, -0.2) is 13.6 Å². The summed E-state index contributed by atoms with van der Waals surface area (Å²) in [5.74, 6) is -1.80. The van der Waals surface area contributed by atoms with Gasteiger partial charge in [-0.2, -0.15) is 0 Å². The molecule has 1 aromatic carbocycles. The molecule has 1 N–H and O–H groups in total. The van der Waals surface area contributed by atoms with Crippen molar-refractivity contribution in [3.63, 3.8) is 0 Å². The van der Waals surface area contributed by atoms with Gasteiger partial charge in [0.2, 0.25) is 0 Å². The molecule has 0 aliphatic rings. The van der Waals surface area contributed by atoms with Crippen molar-refractivity contribution in [1.82, 2.24) is 10.2 Å². The monoisotopic (exact) mass is 340 g/mol. The zero-order chi connectivity index (χ0) is 18.3. The van der Waals surface area contributed by atoms with Gasteiger partial charge < -0.3 is 10.2 Å². The van der Waals surface area contributed by atoms with E-state index >= 15 is 0 Å². The molecule has 0 aliphatic carbocycles. The van der Waals surface area contributed by atoms with Crippen LogP contribution in [-0.4, -0.2) is 24.0 Å². The van der Waals surface area contributed by atoms with E-state index in [9.17, 15) is 13.6 Å². The van der Waals surface area contributed by atoms with Gasteiger partial charge in [0.05, 0.1) is 0 Å². The number of rotatable bonds is 7. The summed E-state index contributed by atoms with van der Waals surface area (Å²) in [6.45, 7) is 8.65. The minimum Gasteiger partial charge on any atom is -0.334 e. The standard InChI is InChI=1S/C19H30F2N2O/c1-6-15(10-8-12-19(2,3)4)23(5)18(24)22-13-14-9-7-11-16(20)17(14)21/h7,9,11,15H,6,8,10,12-13H2,1-5H3,(H,22,24). The van der Waals surface area contributed by atoms with Crippen molar-refractivity contribution in [3.8, 4) is 0 Å². The number of carbonyl (C=O) groups excluding carboxylic acids is 1. The van der Waals surface area contributed by atoms with Gasteiger partial charge in [0, 0.05) is 25.2 Å². The third-order valence-corrected chi connectivity index (χ3v) is 4.27. The van der Waals surface area contributed by atoms with Crippen molar-refractivity contribution < 1.29 is 13.6 Å². The highest BCUT2D eigenvalue weighted by Gasteiger charge is 2.20. The molecule has 1 unspecified atom stereocenters. The van der Waals surface area contributed by atoms with Gasteiger partial charge in [-0.1, -0.05) is 46.2 Å². The molecule has 0 heterocycles. The minimum absolute atomic E-state index is 0.0226. The van der Waals surface area contributed by atoms with Gasteiger partial charge in [0.15, 0.2) is 11.6 Å². The van der Waals surface area contributed by atoms with Gasteiger partial charge >= 0.3 is 6.03 Å². The average Bonchev–Trinajstić information content (AvgIpc) is 2.51. The summed E-state index contributed by atoms with van der Waals surface area (Å²) in [7, 11) is 1.75. The van der Waals surface area contributed by atoms with Gasteiger partial charge in [-0.15, -0.1) is 0 Å². The Hall–Kier alpha value is -1.65. The fourth-order valence-corrected chi connectivity index (χ4v) is 2.69. The molecule has 3 nitrogen and oxygen atoms in total. The number of urea groups is 1. The number of nitrogens with one attached hydrogen (secondary N) is 1. The van der Waals surface area contributed by atoms with Crippen LogP contribution >= 0.6 is 0 Å². The molecule has 1 rings (SSSR count). The zero-order valence-corrected chi connectivity index (χ0v) is 15.5. The Kier molecular flexibility index (Phi) is 7.64. The Labute approximate surface area is 144 Å². The summed E-state index contributed by atoms with van der Waals surface area (Å²) < 4.78 is 26.8. The molecule has 0 bridgehead atoms. The number of benzene rings is 1. The molecule has 0 aliphatic heterocycles. The largest absolute Gasteiger partial charge is 0.334 e. The molecule has 0 radical (unpaired) electrons. The Morgan fingerprint density at radius 3 is 2.54 bits per heavy atom. The van der Waals surface area contributed by atoms with Gasteiger partial charge in [0.25, 0.3) is 0 Å². The number of amides is 2. The van der Waals surface area contributed by atoms with E-state index in [1.165, 1.54) is 12.1 Å². The second-order valence-corrected chi connectivity index (χ2v) is 7.50. The van der Waals surface area contributed by atoms with E-state index in [1.54, 1.807) is 11.9 Å². The molecule has 0 saturated heterocycles. The predicted molar refractivity (Wildman–Crippen MR) is 93.7 cm³/mol. The van der Waals surface area contributed by atoms with Crippen LogP contribution in [0.5, 0.6) is 0 Å². The maximum atomic E-state index is 13.6. The molecular formula is C19H30F2N2O. The van der Waals surface area contributed by atoms with E-state index in [0.29, 0.717) is 0 Å². The highest BCUT2D eigenvalue weighted by molar-refractivity contribution is 5.74. The Bertz CT molecular complexity index is 541. The smallest absolute Gasteiger partial charge is 0.317 e. The Morgan fingerprint density at radius 2 is 1.96 bits per heavy atom. The Balaban J connectivity index is 2.54. The first-order chi connectivity index (χ1) is 11.2. The van der Waals surface area contributed by atoms with E-state index < -0.39 is 11.6 Å². The first kappa shape index (κ1) is 20.4. The van der Waals surface area contributed by atoms with Gasteiger partial charge in [0.1, 0.15) is 0 Å². The van der Waals surface area contributed by atoms with Crippen molar-refractivity contribution in [1.29, 1.82) is 0 Å². The number of carbonyl (C=O) groups is 1. The molecule has 1 atom stereocenters. The number of halogens is 2. The van der Waals surface area contributed by atoms with Crippen molar-refractivity contribution in [2.75, 3.05) is 7.05 Å². The lowest BCUT2D eigenvalue weighted by Gasteiger charge is -2.28. The topological polar surface area (TPSA) is 32.3 Å². The average molecular weight is 340 g/mol. The van der Waals surface area contributed by atoms with Gasteiger partial charge in [-0.05, 0) is 30.7 Å². The second-order valence-electron chi connectivity index (χ2n) is 7.50. The zero-order valence-electron chi connectivity index (χ0n) is 15.5. The summed E-state index contributed by atoms with van der Waals surface area (Å²) in [4.78, 5) is 13.9. The predicted octanol–water partition coefficient (Wildman–Crippen LogP) is 5.10. The molecule has 24 heavy (non-hydrogen) atoms. The van der Waals surface area contributed by atoms with E-state index in [4.69, 9.17) is 0 Å². The van der Waals surface area contributed by atoms with Crippen LogP contribution in [0.1, 0.15) is 58.9 Å². The van der Waals surface area contributed by atoms with Crippen LogP contribution in [0.2, 0.25) is 0 Å². The molecule has 0 saturated carbocycles. The maximum Gasteiger partial charge on any atom is 0.317 e. The Morgan fingerprint density at radius 1 is 1.29 bits per heavy atom. The highest BCUT2D eigenvalue weighted by Crippen LogP contribution is 2.23. The lowest BCUT2D eigenvalue weighted by atomic mass is 9.88. The molecule has 1 aromatic rings. The third kappa shape index (κ3) is 6.46. The minimum atomic E-state index is -0.905. The molecule has 136 valence electrons. The van der Waals surface area contributed by atoms with Crippen LogP contribution in [-0.2, 0) is 6.54 Å². The van der Waals surface area contributed by atoms with Crippen molar-refractivity contribution >= 4 is 6.03 Å². The van der Waals surface area contributed by atoms with Crippen molar-refractivity contribution in [2.45, 2.75) is 66.0 Å². The number of hydrogen-bond donors (Lipinski definition) is 1. The highest BCUT2D eigenvalue weighted by atomic mass is 19.2. The molecule has 2 amide bonds. The summed E-state index contributed by atoms with van der Waals surface area (Å²) >= 11 is 0. The fourth-order valence-electron chi connectivity index (χ4n) is 2.69. The normalized spacial score (nSPS) is 12.8. The number of nitrogens with zero attached hydrogens (tertiary/aromatic N) is 1. The van der Waals surface area contributed by atoms with Crippen molar-refractivity contribution in [3.05, 3.63) is 35.4 Å². The van der Waals surface area contributed by atoms with Crippen LogP contribution in [0.4, 0.5) is 13.6 Å². The lowest BCUT2D eigenvalue weighted by molar-refractivity contribution is 0.181. The molecule has 0 spiro atoms. The summed E-state index contributed by atoms with van der Waals surface area (Å²) in [5.41, 5.74) is 0.436. The molecule has 0 aromatic heterocycles. The molecule has 0 fully saturated rings. The quantitative estimate of drug-likeness (QED) is 0.736. The maximum absolute atomic E-state index is 13.6. The summed E-state index contributed by atoms with van der Waals surface area (Å²) in [5, 5.41) is 2.67. The SMILES string of the molecule is CCC(CCCC(C)(C)C)N(C)C(=O)NCc1cccc(F)c1F. The second kappa shape index (κ2) is 9.00. The lowest BCUT2D eigenvalue weighted by Crippen LogP contribution is -2.43. The van der Waals surface area contributed by atoms with Crippen LogP contribution in [0.15, 0.2) is 18.2 Å². The molecule has 5 heteroatoms. The summed E-state index contributed by atoms with van der Waals surface area (Å²) in [6, 6.07) is 3.85. The first-order valence-corrected chi connectivity index (χ1v) is 8.59. The first-order valence-electron chi connectivity index (χ1n) is 8.59. The fraction of sp³-hybridized carbons (Fsp3) is 0.632. The van der Waals surface area contributed by atoms with E-state index in [1.807, 2.05) is 0 Å². The van der Waals surface area contributed by atoms with E-state index in [2.05, 4.69) is 33.0 Å². The van der Waals surface area contributed by atoms with E-state index in [0.717, 1.165) is 31.7 Å². The van der Waals surface area contributed by atoms with E-state index in [-0.39, 0.29) is 29.6 Å². The van der Waals surface area contributed by atoms with Gasteiger partial charge in [-0.3, -0.25) is 0 Å². The van der Waals surface area contributed by atoms with Crippen LogP contribution in [0, 0.1) is 17.0 Å². The van der Waals surface area contributed by atoms with Crippen molar-refractivity contribution in [2.24, 2.45) is 5.41 Å². The van der Waals surface area contributed by atoms with Crippen LogP contribution in [0.3, 0.4) is 0 Å². The van der Waals surface area contributed by atoms with Crippen LogP contribution < -0.4 is 5.32 Å². The number of hydrogen-bond acceptors (Lipinski definition) is 1. The third-order valence-electron chi connectivity index (χ3n) is 4.27. The molecular weight excluding hydrogens is 310 g/mol. The summed E-state index contributed by atoms with van der Waals surface area (Å²) in [6.07, 6.45) is 3.96.